The summed E-state index contributed by atoms with van der Waals surface area (Å²) in [5, 5.41) is 3.44. The highest BCUT2D eigenvalue weighted by Crippen LogP contribution is 2.37. The normalized spacial score (nSPS) is 22.5. The van der Waals surface area contributed by atoms with Crippen LogP contribution in [0.5, 0.6) is 0 Å². The van der Waals surface area contributed by atoms with E-state index < -0.39 is 5.76 Å². The Morgan fingerprint density at radius 3 is 2.79 bits per heavy atom. The second-order valence-corrected chi connectivity index (χ2v) is 7.66. The molecule has 1 fully saturated rings. The largest absolute Gasteiger partial charge is 0.381 e. The van der Waals surface area contributed by atoms with E-state index in [1.54, 1.807) is 12.1 Å². The summed E-state index contributed by atoms with van der Waals surface area (Å²) in [4.78, 5) is 0.630. The van der Waals surface area contributed by atoms with Gasteiger partial charge in [0, 0.05) is 22.4 Å². The summed E-state index contributed by atoms with van der Waals surface area (Å²) in [6.45, 7) is 4.52. The van der Waals surface area contributed by atoms with E-state index in [-0.39, 0.29) is 0 Å². The lowest BCUT2D eigenvalue weighted by molar-refractivity contribution is 0.252. The van der Waals surface area contributed by atoms with Crippen LogP contribution in [0.25, 0.3) is 0 Å². The first-order valence-electron chi connectivity index (χ1n) is 6.34. The molecule has 1 aromatic rings. The lowest BCUT2D eigenvalue weighted by atomic mass is 9.88. The Hall–Kier alpha value is -0.420. The number of rotatable bonds is 4. The lowest BCUT2D eigenvalue weighted by Gasteiger charge is -2.35. The molecule has 1 aliphatic rings. The van der Waals surface area contributed by atoms with Gasteiger partial charge >= 0.3 is 0 Å². The number of alkyl halides is 2. The maximum absolute atomic E-state index is 12.5. The van der Waals surface area contributed by atoms with Crippen molar-refractivity contribution in [3.8, 4) is 0 Å². The van der Waals surface area contributed by atoms with Crippen molar-refractivity contribution in [1.29, 1.82) is 0 Å². The molecule has 1 atom stereocenters. The van der Waals surface area contributed by atoms with E-state index >= 15 is 0 Å². The van der Waals surface area contributed by atoms with E-state index in [0.717, 1.165) is 17.9 Å². The SMILES string of the molecule is CC1(C)CSCC(Nc2ccccc2SC(F)F)C1. The summed E-state index contributed by atoms with van der Waals surface area (Å²) >= 11 is 2.54. The number of anilines is 1. The number of halogens is 2. The molecule has 106 valence electrons. The number of para-hydroxylation sites is 1. The minimum absolute atomic E-state index is 0.311. The molecule has 0 spiro atoms. The van der Waals surface area contributed by atoms with E-state index in [2.05, 4.69) is 19.2 Å². The first-order valence-corrected chi connectivity index (χ1v) is 8.38. The van der Waals surface area contributed by atoms with Crippen LogP contribution in [0, 0.1) is 5.41 Å². The summed E-state index contributed by atoms with van der Waals surface area (Å²) in [7, 11) is 0. The van der Waals surface area contributed by atoms with Gasteiger partial charge in [-0.3, -0.25) is 0 Å². The van der Waals surface area contributed by atoms with E-state index in [1.165, 1.54) is 5.75 Å². The predicted octanol–water partition coefficient (Wildman–Crippen LogP) is 4.94. The van der Waals surface area contributed by atoms with Crippen LogP contribution in [0.1, 0.15) is 20.3 Å². The van der Waals surface area contributed by atoms with Crippen LogP contribution in [0.2, 0.25) is 0 Å². The van der Waals surface area contributed by atoms with Crippen molar-refractivity contribution in [1.82, 2.24) is 0 Å². The molecule has 5 heteroatoms. The molecule has 1 N–H and O–H groups in total. The Morgan fingerprint density at radius 2 is 2.11 bits per heavy atom. The third kappa shape index (κ3) is 4.56. The van der Waals surface area contributed by atoms with E-state index in [9.17, 15) is 8.78 Å². The summed E-state index contributed by atoms with van der Waals surface area (Å²) in [6, 6.07) is 7.68. The standard InChI is InChI=1S/C14H19F2NS2/c1-14(2)7-10(8-18-9-14)17-11-5-3-4-6-12(11)19-13(15)16/h3-6,10,13,17H,7-9H2,1-2H3. The van der Waals surface area contributed by atoms with Crippen LogP contribution in [-0.4, -0.2) is 23.3 Å². The van der Waals surface area contributed by atoms with Gasteiger partial charge in [0.05, 0.1) is 0 Å². The van der Waals surface area contributed by atoms with Crippen LogP contribution in [0.4, 0.5) is 14.5 Å². The van der Waals surface area contributed by atoms with E-state index in [4.69, 9.17) is 0 Å². The number of nitrogens with one attached hydrogen (secondary N) is 1. The molecular weight excluding hydrogens is 284 g/mol. The van der Waals surface area contributed by atoms with Gasteiger partial charge in [-0.15, -0.1) is 0 Å². The van der Waals surface area contributed by atoms with Crippen molar-refractivity contribution in [3.63, 3.8) is 0 Å². The third-order valence-electron chi connectivity index (χ3n) is 3.07. The predicted molar refractivity (Wildman–Crippen MR) is 81.4 cm³/mol. The maximum Gasteiger partial charge on any atom is 0.288 e. The molecule has 0 amide bonds. The van der Waals surface area contributed by atoms with Crippen LogP contribution < -0.4 is 5.32 Å². The highest BCUT2D eigenvalue weighted by Gasteiger charge is 2.28. The van der Waals surface area contributed by atoms with Crippen molar-refractivity contribution in [2.75, 3.05) is 16.8 Å². The van der Waals surface area contributed by atoms with Crippen molar-refractivity contribution < 1.29 is 8.78 Å². The summed E-state index contributed by atoms with van der Waals surface area (Å²) < 4.78 is 25.1. The van der Waals surface area contributed by atoms with Crippen LogP contribution >= 0.6 is 23.5 Å². The van der Waals surface area contributed by atoms with Gasteiger partial charge in [-0.25, -0.2) is 0 Å². The molecule has 0 aromatic heterocycles. The Balaban J connectivity index is 2.06. The molecule has 19 heavy (non-hydrogen) atoms. The summed E-state index contributed by atoms with van der Waals surface area (Å²) in [5.74, 6) is -0.171. The second kappa shape index (κ2) is 6.35. The lowest BCUT2D eigenvalue weighted by Crippen LogP contribution is -2.35. The summed E-state index contributed by atoms with van der Waals surface area (Å²) in [6.07, 6.45) is 1.08. The van der Waals surface area contributed by atoms with E-state index in [0.29, 0.717) is 28.1 Å². The molecule has 0 radical (unpaired) electrons. The van der Waals surface area contributed by atoms with Crippen molar-refractivity contribution in [3.05, 3.63) is 24.3 Å². The molecule has 0 saturated carbocycles. The van der Waals surface area contributed by atoms with Crippen molar-refractivity contribution in [2.24, 2.45) is 5.41 Å². The second-order valence-electron chi connectivity index (χ2n) is 5.60. The first kappa shape index (κ1) is 15.0. The zero-order valence-electron chi connectivity index (χ0n) is 11.2. The fourth-order valence-corrected chi connectivity index (χ4v) is 4.24. The van der Waals surface area contributed by atoms with Gasteiger partial charge < -0.3 is 5.32 Å². The zero-order valence-corrected chi connectivity index (χ0v) is 12.8. The quantitative estimate of drug-likeness (QED) is 0.791. The Labute approximate surface area is 121 Å². The van der Waals surface area contributed by atoms with E-state index in [1.807, 2.05) is 23.9 Å². The molecular formula is C14H19F2NS2. The van der Waals surface area contributed by atoms with Crippen LogP contribution in [0.3, 0.4) is 0 Å². The Bertz CT molecular complexity index is 424. The number of hydrogen-bond donors (Lipinski definition) is 1. The van der Waals surface area contributed by atoms with Gasteiger partial charge in [0.2, 0.25) is 0 Å². The minimum atomic E-state index is -2.37. The smallest absolute Gasteiger partial charge is 0.288 e. The van der Waals surface area contributed by atoms with Gasteiger partial charge in [-0.05, 0) is 29.7 Å². The molecule has 2 rings (SSSR count). The molecule has 0 aliphatic carbocycles. The molecule has 1 aromatic carbocycles. The monoisotopic (exact) mass is 303 g/mol. The molecule has 1 nitrogen and oxygen atoms in total. The summed E-state index contributed by atoms with van der Waals surface area (Å²) in [5.41, 5.74) is 1.14. The first-order chi connectivity index (χ1) is 8.96. The fraction of sp³-hybridized carbons (Fsp3) is 0.571. The average Bonchev–Trinajstić information content (AvgIpc) is 2.30. The molecule has 1 unspecified atom stereocenters. The third-order valence-corrected chi connectivity index (χ3v) is 5.49. The van der Waals surface area contributed by atoms with Crippen molar-refractivity contribution in [2.45, 2.75) is 37.0 Å². The minimum Gasteiger partial charge on any atom is -0.381 e. The number of hydrogen-bond acceptors (Lipinski definition) is 3. The fourth-order valence-electron chi connectivity index (χ4n) is 2.36. The highest BCUT2D eigenvalue weighted by molar-refractivity contribution is 7.99. The molecule has 1 heterocycles. The zero-order chi connectivity index (χ0) is 13.9. The van der Waals surface area contributed by atoms with Gasteiger partial charge in [0.25, 0.3) is 5.76 Å². The molecule has 1 aliphatic heterocycles. The molecule has 1 saturated heterocycles. The van der Waals surface area contributed by atoms with Crippen LogP contribution in [0.15, 0.2) is 29.2 Å². The average molecular weight is 303 g/mol. The topological polar surface area (TPSA) is 12.0 Å². The highest BCUT2D eigenvalue weighted by atomic mass is 32.2. The van der Waals surface area contributed by atoms with Gasteiger partial charge in [-0.1, -0.05) is 37.7 Å². The van der Waals surface area contributed by atoms with Gasteiger partial charge in [-0.2, -0.15) is 20.5 Å². The number of thioether (sulfide) groups is 2. The van der Waals surface area contributed by atoms with Crippen LogP contribution in [-0.2, 0) is 0 Å². The maximum atomic E-state index is 12.5. The number of benzene rings is 1. The van der Waals surface area contributed by atoms with Crippen molar-refractivity contribution >= 4 is 29.2 Å². The molecule has 0 bridgehead atoms. The Morgan fingerprint density at radius 1 is 1.37 bits per heavy atom. The van der Waals surface area contributed by atoms with Gasteiger partial charge in [0.1, 0.15) is 0 Å². The Kier molecular flexibility index (Phi) is 5.01. The van der Waals surface area contributed by atoms with Gasteiger partial charge in [0.15, 0.2) is 0 Å².